The van der Waals surface area contributed by atoms with Crippen LogP contribution in [0.4, 0.5) is 0 Å². The average Bonchev–Trinajstić information content (AvgIpc) is 3.21. The van der Waals surface area contributed by atoms with Crippen LogP contribution in [0.2, 0.25) is 0 Å². The average molecular weight is 340 g/mol. The van der Waals surface area contributed by atoms with Crippen molar-refractivity contribution in [1.29, 1.82) is 0 Å². The van der Waals surface area contributed by atoms with Crippen molar-refractivity contribution >= 4 is 17.0 Å². The van der Waals surface area contributed by atoms with E-state index >= 15 is 0 Å². The van der Waals surface area contributed by atoms with Gasteiger partial charge in [0.15, 0.2) is 11.5 Å². The van der Waals surface area contributed by atoms with Gasteiger partial charge in [-0.3, -0.25) is 4.79 Å². The van der Waals surface area contributed by atoms with E-state index in [1.54, 1.807) is 18.3 Å². The first-order valence-corrected chi connectivity index (χ1v) is 8.83. The Morgan fingerprint density at radius 1 is 1.32 bits per heavy atom. The second-order valence-corrected chi connectivity index (χ2v) is 6.17. The molecular weight excluding hydrogens is 316 g/mol. The molecule has 0 spiro atoms. The number of imidazole rings is 1. The molecule has 0 aliphatic carbocycles. The summed E-state index contributed by atoms with van der Waals surface area (Å²) in [6.45, 7) is 5.57. The molecule has 0 aliphatic rings. The molecule has 132 valence electrons. The molecule has 2 aromatic heterocycles. The summed E-state index contributed by atoms with van der Waals surface area (Å²) in [5.74, 6) is 1.65. The second-order valence-electron chi connectivity index (χ2n) is 6.17. The molecule has 1 amide bonds. The van der Waals surface area contributed by atoms with Crippen LogP contribution in [0, 0.1) is 6.92 Å². The van der Waals surface area contributed by atoms with Gasteiger partial charge in [0.25, 0.3) is 5.91 Å². The smallest absolute Gasteiger partial charge is 0.251 e. The van der Waals surface area contributed by atoms with Crippen LogP contribution >= 0.6 is 0 Å². The zero-order valence-corrected chi connectivity index (χ0v) is 14.8. The van der Waals surface area contributed by atoms with E-state index in [0.717, 1.165) is 55.0 Å². The summed E-state index contributed by atoms with van der Waals surface area (Å²) in [4.78, 5) is 21.0. The molecule has 3 rings (SSSR count). The van der Waals surface area contributed by atoms with Crippen molar-refractivity contribution in [3.63, 3.8) is 0 Å². The highest BCUT2D eigenvalue weighted by Crippen LogP contribution is 2.18. The molecule has 0 radical (unpaired) electrons. The van der Waals surface area contributed by atoms with Crippen LogP contribution in [0.15, 0.2) is 35.0 Å². The zero-order valence-electron chi connectivity index (χ0n) is 14.8. The zero-order chi connectivity index (χ0) is 17.6. The van der Waals surface area contributed by atoms with E-state index in [0.29, 0.717) is 12.1 Å². The lowest BCUT2D eigenvalue weighted by Gasteiger charge is -2.07. The number of rotatable bonds is 8. The lowest BCUT2D eigenvalue weighted by Crippen LogP contribution is -2.25. The maximum Gasteiger partial charge on any atom is 0.251 e. The van der Waals surface area contributed by atoms with Crippen molar-refractivity contribution in [2.75, 3.05) is 6.54 Å². The second kappa shape index (κ2) is 7.96. The van der Waals surface area contributed by atoms with Gasteiger partial charge in [-0.1, -0.05) is 13.3 Å². The Labute approximate surface area is 147 Å². The SMILES string of the molecule is CCCCc1nc2cc(C(=O)NCCCn3ccnc3C)ccc2o1. The normalized spacial score (nSPS) is 11.1. The van der Waals surface area contributed by atoms with Gasteiger partial charge in [-0.2, -0.15) is 0 Å². The monoisotopic (exact) mass is 340 g/mol. The first-order chi connectivity index (χ1) is 12.2. The van der Waals surface area contributed by atoms with Gasteiger partial charge in [-0.15, -0.1) is 0 Å². The van der Waals surface area contributed by atoms with Crippen LogP contribution in [0.3, 0.4) is 0 Å². The third-order valence-electron chi connectivity index (χ3n) is 4.22. The lowest BCUT2D eigenvalue weighted by atomic mass is 10.2. The van der Waals surface area contributed by atoms with Crippen molar-refractivity contribution in [1.82, 2.24) is 19.9 Å². The number of fused-ring (bicyclic) bond motifs is 1. The van der Waals surface area contributed by atoms with Crippen LogP contribution in [0.5, 0.6) is 0 Å². The molecule has 0 unspecified atom stereocenters. The Balaban J connectivity index is 1.55. The molecule has 25 heavy (non-hydrogen) atoms. The lowest BCUT2D eigenvalue weighted by molar-refractivity contribution is 0.0953. The predicted molar refractivity (Wildman–Crippen MR) is 96.5 cm³/mol. The maximum absolute atomic E-state index is 12.3. The molecule has 0 saturated heterocycles. The third-order valence-corrected chi connectivity index (χ3v) is 4.22. The molecule has 0 aliphatic heterocycles. The molecule has 6 nitrogen and oxygen atoms in total. The standard InChI is InChI=1S/C19H24N4O2/c1-3-4-6-18-22-16-13-15(7-8-17(16)25-18)19(24)21-9-5-11-23-12-10-20-14(23)2/h7-8,10,12-13H,3-6,9,11H2,1-2H3,(H,21,24). The van der Waals surface area contributed by atoms with E-state index in [4.69, 9.17) is 4.42 Å². The van der Waals surface area contributed by atoms with Crippen LogP contribution in [0.25, 0.3) is 11.1 Å². The Kier molecular flexibility index (Phi) is 5.48. The minimum atomic E-state index is -0.0811. The summed E-state index contributed by atoms with van der Waals surface area (Å²) in [5, 5.41) is 2.96. The number of carbonyl (C=O) groups is 1. The number of amides is 1. The van der Waals surface area contributed by atoms with Crippen molar-refractivity contribution in [2.24, 2.45) is 0 Å². The summed E-state index contributed by atoms with van der Waals surface area (Å²) >= 11 is 0. The number of hydrogen-bond donors (Lipinski definition) is 1. The number of unbranched alkanes of at least 4 members (excludes halogenated alkanes) is 1. The van der Waals surface area contributed by atoms with Gasteiger partial charge in [-0.05, 0) is 38.0 Å². The number of hydrogen-bond acceptors (Lipinski definition) is 4. The van der Waals surface area contributed by atoms with Crippen molar-refractivity contribution in [3.8, 4) is 0 Å². The maximum atomic E-state index is 12.3. The molecule has 6 heteroatoms. The highest BCUT2D eigenvalue weighted by Gasteiger charge is 2.10. The minimum absolute atomic E-state index is 0.0811. The number of benzene rings is 1. The largest absolute Gasteiger partial charge is 0.441 e. The Morgan fingerprint density at radius 3 is 2.96 bits per heavy atom. The molecule has 0 bridgehead atoms. The number of nitrogens with zero attached hydrogens (tertiary/aromatic N) is 3. The molecule has 1 aromatic carbocycles. The Hall–Kier alpha value is -2.63. The van der Waals surface area contributed by atoms with E-state index < -0.39 is 0 Å². The van der Waals surface area contributed by atoms with Gasteiger partial charge in [0, 0.05) is 37.5 Å². The quantitative estimate of drug-likeness (QED) is 0.637. The van der Waals surface area contributed by atoms with Crippen molar-refractivity contribution < 1.29 is 9.21 Å². The highest BCUT2D eigenvalue weighted by atomic mass is 16.3. The van der Waals surface area contributed by atoms with Gasteiger partial charge >= 0.3 is 0 Å². The molecule has 2 heterocycles. The van der Waals surface area contributed by atoms with Crippen LogP contribution in [-0.2, 0) is 13.0 Å². The van der Waals surface area contributed by atoms with E-state index in [9.17, 15) is 4.79 Å². The van der Waals surface area contributed by atoms with Gasteiger partial charge in [0.05, 0.1) is 0 Å². The van der Waals surface area contributed by atoms with E-state index in [1.807, 2.05) is 19.2 Å². The first kappa shape index (κ1) is 17.2. The van der Waals surface area contributed by atoms with Gasteiger partial charge in [0.2, 0.25) is 0 Å². The number of aromatic nitrogens is 3. The fraction of sp³-hybridized carbons (Fsp3) is 0.421. The van der Waals surface area contributed by atoms with E-state index in [-0.39, 0.29) is 5.91 Å². The molecule has 0 atom stereocenters. The number of aryl methyl sites for hydroxylation is 3. The Morgan fingerprint density at radius 2 is 2.20 bits per heavy atom. The van der Waals surface area contributed by atoms with E-state index in [1.165, 1.54) is 0 Å². The number of carbonyl (C=O) groups excluding carboxylic acids is 1. The van der Waals surface area contributed by atoms with Gasteiger partial charge < -0.3 is 14.3 Å². The van der Waals surface area contributed by atoms with Crippen LogP contribution in [0.1, 0.15) is 48.3 Å². The van der Waals surface area contributed by atoms with E-state index in [2.05, 4.69) is 26.8 Å². The number of oxazole rings is 1. The third kappa shape index (κ3) is 4.26. The molecular formula is C19H24N4O2. The van der Waals surface area contributed by atoms with Crippen LogP contribution < -0.4 is 5.32 Å². The van der Waals surface area contributed by atoms with Crippen molar-refractivity contribution in [2.45, 2.75) is 46.1 Å². The topological polar surface area (TPSA) is 73.0 Å². The predicted octanol–water partition coefficient (Wildman–Crippen LogP) is 3.50. The first-order valence-electron chi connectivity index (χ1n) is 8.83. The molecule has 1 N–H and O–H groups in total. The molecule has 3 aromatic rings. The summed E-state index contributed by atoms with van der Waals surface area (Å²) in [6, 6.07) is 5.40. The van der Waals surface area contributed by atoms with Gasteiger partial charge in [-0.25, -0.2) is 9.97 Å². The fourth-order valence-electron chi connectivity index (χ4n) is 2.74. The summed E-state index contributed by atoms with van der Waals surface area (Å²) < 4.78 is 7.78. The van der Waals surface area contributed by atoms with Gasteiger partial charge in [0.1, 0.15) is 11.3 Å². The fourth-order valence-corrected chi connectivity index (χ4v) is 2.74. The number of nitrogens with one attached hydrogen (secondary N) is 1. The minimum Gasteiger partial charge on any atom is -0.441 e. The molecule has 0 fully saturated rings. The Bertz CT molecular complexity index is 850. The van der Waals surface area contributed by atoms with Crippen LogP contribution in [-0.4, -0.2) is 27.0 Å². The summed E-state index contributed by atoms with van der Waals surface area (Å²) in [6.07, 6.45) is 7.58. The summed E-state index contributed by atoms with van der Waals surface area (Å²) in [5.41, 5.74) is 2.09. The molecule has 0 saturated carbocycles. The van der Waals surface area contributed by atoms with Crippen molar-refractivity contribution in [3.05, 3.63) is 47.9 Å². The summed E-state index contributed by atoms with van der Waals surface area (Å²) in [7, 11) is 0. The highest BCUT2D eigenvalue weighted by molar-refractivity contribution is 5.97.